The molecule has 4 nitrogen and oxygen atoms in total. The molecule has 0 aromatic heterocycles. The lowest BCUT2D eigenvalue weighted by Crippen LogP contribution is -2.46. The highest BCUT2D eigenvalue weighted by Gasteiger charge is 2.27. The van der Waals surface area contributed by atoms with Crippen LogP contribution in [0.5, 0.6) is 0 Å². The number of hydrogen-bond acceptors (Lipinski definition) is 3. The van der Waals surface area contributed by atoms with Gasteiger partial charge in [0.05, 0.1) is 17.9 Å². The van der Waals surface area contributed by atoms with Crippen LogP contribution in [0.4, 0.5) is 11.4 Å². The van der Waals surface area contributed by atoms with Gasteiger partial charge in [0, 0.05) is 10.5 Å². The Balaban J connectivity index is 2.38. The maximum Gasteiger partial charge on any atom is 0.246 e. The number of rotatable bonds is 3. The van der Waals surface area contributed by atoms with Crippen LogP contribution >= 0.6 is 15.9 Å². The predicted octanol–water partition coefficient (Wildman–Crippen LogP) is 1.94. The highest BCUT2D eigenvalue weighted by atomic mass is 79.9. The van der Waals surface area contributed by atoms with E-state index < -0.39 is 0 Å². The minimum Gasteiger partial charge on any atom is -0.374 e. The van der Waals surface area contributed by atoms with E-state index in [2.05, 4.69) is 21.2 Å². The number of nitrogens with one attached hydrogen (secondary N) is 1. The fourth-order valence-electron chi connectivity index (χ4n) is 2.10. The molecule has 1 unspecified atom stereocenters. The number of anilines is 2. The summed E-state index contributed by atoms with van der Waals surface area (Å²) in [7, 11) is 0. The minimum atomic E-state index is 0.0940. The zero-order valence-corrected chi connectivity index (χ0v) is 11.3. The lowest BCUT2D eigenvalue weighted by molar-refractivity contribution is -0.117. The van der Waals surface area contributed by atoms with Crippen molar-refractivity contribution in [2.45, 2.75) is 19.4 Å². The lowest BCUT2D eigenvalue weighted by Gasteiger charge is -2.35. The molecule has 0 saturated carbocycles. The summed E-state index contributed by atoms with van der Waals surface area (Å²) >= 11 is 3.44. The van der Waals surface area contributed by atoms with Gasteiger partial charge in [-0.15, -0.1) is 0 Å². The Labute approximate surface area is 109 Å². The van der Waals surface area contributed by atoms with Crippen LogP contribution in [0.1, 0.15) is 13.3 Å². The molecule has 0 radical (unpaired) electrons. The fourth-order valence-corrected chi connectivity index (χ4v) is 2.45. The Morgan fingerprint density at radius 3 is 3.06 bits per heavy atom. The van der Waals surface area contributed by atoms with Gasteiger partial charge in [-0.2, -0.15) is 0 Å². The highest BCUT2D eigenvalue weighted by molar-refractivity contribution is 9.10. The van der Waals surface area contributed by atoms with E-state index in [-0.39, 0.29) is 11.9 Å². The third-order valence-corrected chi connectivity index (χ3v) is 3.44. The van der Waals surface area contributed by atoms with E-state index in [4.69, 9.17) is 5.73 Å². The van der Waals surface area contributed by atoms with Crippen molar-refractivity contribution in [3.8, 4) is 0 Å². The van der Waals surface area contributed by atoms with Crippen LogP contribution in [0.15, 0.2) is 22.7 Å². The summed E-state index contributed by atoms with van der Waals surface area (Å²) in [5.74, 6) is 0.0940. The fraction of sp³-hybridized carbons (Fsp3) is 0.417. The largest absolute Gasteiger partial charge is 0.374 e. The molecule has 2 rings (SSSR count). The first-order chi connectivity index (χ1) is 8.13. The number of benzene rings is 1. The summed E-state index contributed by atoms with van der Waals surface area (Å²) < 4.78 is 0.970. The van der Waals surface area contributed by atoms with Crippen LogP contribution in [0.2, 0.25) is 0 Å². The first-order valence-electron chi connectivity index (χ1n) is 5.69. The molecule has 0 fully saturated rings. The minimum absolute atomic E-state index is 0.0940. The van der Waals surface area contributed by atoms with Crippen molar-refractivity contribution >= 4 is 33.2 Å². The third kappa shape index (κ3) is 2.45. The SMILES string of the molecule is CC(CCN)N1C(=O)CNc2ccc(Br)cc21. The number of carbonyl (C=O) groups excluding carboxylic acids is 1. The van der Waals surface area contributed by atoms with Gasteiger partial charge < -0.3 is 16.0 Å². The zero-order valence-electron chi connectivity index (χ0n) is 9.74. The van der Waals surface area contributed by atoms with Gasteiger partial charge in [0.15, 0.2) is 0 Å². The molecule has 1 atom stereocenters. The van der Waals surface area contributed by atoms with Gasteiger partial charge in [-0.25, -0.2) is 0 Å². The normalized spacial score (nSPS) is 16.4. The quantitative estimate of drug-likeness (QED) is 0.896. The Morgan fingerprint density at radius 1 is 1.59 bits per heavy atom. The van der Waals surface area contributed by atoms with E-state index in [1.54, 1.807) is 0 Å². The van der Waals surface area contributed by atoms with Crippen molar-refractivity contribution in [2.24, 2.45) is 5.73 Å². The van der Waals surface area contributed by atoms with E-state index in [1.807, 2.05) is 30.0 Å². The molecule has 0 spiro atoms. The van der Waals surface area contributed by atoms with Crippen molar-refractivity contribution in [1.29, 1.82) is 0 Å². The summed E-state index contributed by atoms with van der Waals surface area (Å²) in [5.41, 5.74) is 7.49. The van der Waals surface area contributed by atoms with E-state index >= 15 is 0 Å². The molecule has 1 aliphatic heterocycles. The zero-order chi connectivity index (χ0) is 12.4. The monoisotopic (exact) mass is 297 g/mol. The van der Waals surface area contributed by atoms with E-state index in [1.165, 1.54) is 0 Å². The lowest BCUT2D eigenvalue weighted by atomic mass is 10.1. The molecule has 1 aliphatic rings. The second-order valence-electron chi connectivity index (χ2n) is 4.21. The van der Waals surface area contributed by atoms with Gasteiger partial charge >= 0.3 is 0 Å². The van der Waals surface area contributed by atoms with Crippen LogP contribution in [0.3, 0.4) is 0 Å². The van der Waals surface area contributed by atoms with Gasteiger partial charge in [0.25, 0.3) is 0 Å². The Kier molecular flexibility index (Phi) is 3.69. The number of fused-ring (bicyclic) bond motifs is 1. The number of nitrogens with two attached hydrogens (primary N) is 1. The van der Waals surface area contributed by atoms with Gasteiger partial charge in [0.2, 0.25) is 5.91 Å². The van der Waals surface area contributed by atoms with Gasteiger partial charge in [-0.05, 0) is 38.1 Å². The number of carbonyl (C=O) groups is 1. The second kappa shape index (κ2) is 5.06. The molecule has 1 aromatic rings. The van der Waals surface area contributed by atoms with E-state index in [9.17, 15) is 4.79 Å². The first-order valence-corrected chi connectivity index (χ1v) is 6.48. The molecule has 92 valence electrons. The average Bonchev–Trinajstić information content (AvgIpc) is 2.28. The molecule has 0 saturated heterocycles. The maximum atomic E-state index is 12.0. The number of hydrogen-bond donors (Lipinski definition) is 2. The number of nitrogens with zero attached hydrogens (tertiary/aromatic N) is 1. The van der Waals surface area contributed by atoms with Crippen molar-refractivity contribution < 1.29 is 4.79 Å². The topological polar surface area (TPSA) is 58.4 Å². The van der Waals surface area contributed by atoms with E-state index in [0.29, 0.717) is 13.1 Å². The molecular weight excluding hydrogens is 282 g/mol. The first kappa shape index (κ1) is 12.4. The second-order valence-corrected chi connectivity index (χ2v) is 5.12. The molecule has 1 amide bonds. The molecule has 0 aliphatic carbocycles. The Hall–Kier alpha value is -1.07. The van der Waals surface area contributed by atoms with Crippen LogP contribution in [0, 0.1) is 0 Å². The predicted molar refractivity (Wildman–Crippen MR) is 73.3 cm³/mol. The van der Waals surface area contributed by atoms with Crippen LogP contribution in [-0.2, 0) is 4.79 Å². The van der Waals surface area contributed by atoms with E-state index in [0.717, 1.165) is 22.3 Å². The molecule has 17 heavy (non-hydrogen) atoms. The third-order valence-electron chi connectivity index (χ3n) is 2.94. The molecule has 5 heteroatoms. The highest BCUT2D eigenvalue weighted by Crippen LogP contribution is 2.33. The van der Waals surface area contributed by atoms with Crippen molar-refractivity contribution in [2.75, 3.05) is 23.3 Å². The molecular formula is C12H16BrN3O. The summed E-state index contributed by atoms with van der Waals surface area (Å²) in [6.07, 6.45) is 0.803. The summed E-state index contributed by atoms with van der Waals surface area (Å²) in [6.45, 7) is 2.96. The van der Waals surface area contributed by atoms with Crippen molar-refractivity contribution in [3.05, 3.63) is 22.7 Å². The standard InChI is InChI=1S/C12H16BrN3O/c1-8(4-5-14)16-11-6-9(13)2-3-10(11)15-7-12(16)17/h2-3,6,8,15H,4-5,7,14H2,1H3. The van der Waals surface area contributed by atoms with Crippen molar-refractivity contribution in [3.63, 3.8) is 0 Å². The molecule has 1 heterocycles. The summed E-state index contributed by atoms with van der Waals surface area (Å²) in [5, 5.41) is 3.12. The Morgan fingerprint density at radius 2 is 2.35 bits per heavy atom. The molecule has 1 aromatic carbocycles. The smallest absolute Gasteiger partial charge is 0.246 e. The molecule has 3 N–H and O–H groups in total. The number of halogens is 1. The summed E-state index contributed by atoms with van der Waals surface area (Å²) in [6, 6.07) is 6.04. The maximum absolute atomic E-state index is 12.0. The molecule has 0 bridgehead atoms. The number of amides is 1. The summed E-state index contributed by atoms with van der Waals surface area (Å²) in [4.78, 5) is 13.8. The Bertz CT molecular complexity index is 436. The van der Waals surface area contributed by atoms with Crippen LogP contribution < -0.4 is 16.0 Å². The van der Waals surface area contributed by atoms with Gasteiger partial charge in [-0.3, -0.25) is 4.79 Å². The van der Waals surface area contributed by atoms with Crippen molar-refractivity contribution in [1.82, 2.24) is 0 Å². The van der Waals surface area contributed by atoms with Crippen LogP contribution in [-0.4, -0.2) is 25.0 Å². The average molecular weight is 298 g/mol. The van der Waals surface area contributed by atoms with Crippen LogP contribution in [0.25, 0.3) is 0 Å². The van der Waals surface area contributed by atoms with Gasteiger partial charge in [0.1, 0.15) is 0 Å². The van der Waals surface area contributed by atoms with Gasteiger partial charge in [-0.1, -0.05) is 15.9 Å².